The summed E-state index contributed by atoms with van der Waals surface area (Å²) < 4.78 is 12.5. The molecule has 3 rings (SSSR count). The molecule has 0 radical (unpaired) electrons. The number of hydrogen-bond donors (Lipinski definition) is 1. The second-order valence-corrected chi connectivity index (χ2v) is 5.68. The monoisotopic (exact) mass is 330 g/mol. The molecule has 1 aromatic heterocycles. The van der Waals surface area contributed by atoms with E-state index < -0.39 is 0 Å². The van der Waals surface area contributed by atoms with E-state index >= 15 is 0 Å². The summed E-state index contributed by atoms with van der Waals surface area (Å²) in [6, 6.07) is 5.14. The molecular formula is C17H22N4O3. The van der Waals surface area contributed by atoms with Gasteiger partial charge in [-0.15, -0.1) is 0 Å². The number of nitrogens with one attached hydrogen (secondary N) is 1. The number of aryl methyl sites for hydroxylation is 1. The number of carbonyl (C=O) groups is 1. The second-order valence-electron chi connectivity index (χ2n) is 5.68. The minimum Gasteiger partial charge on any atom is -0.493 e. The van der Waals surface area contributed by atoms with E-state index in [-0.39, 0.29) is 11.9 Å². The minimum atomic E-state index is -0.0978. The summed E-state index contributed by atoms with van der Waals surface area (Å²) in [5.41, 5.74) is 0.578. The Kier molecular flexibility index (Phi) is 4.71. The lowest BCUT2D eigenvalue weighted by molar-refractivity contribution is 0.0620. The first-order valence-electron chi connectivity index (χ1n) is 7.86. The van der Waals surface area contributed by atoms with Crippen LogP contribution in [0.25, 0.3) is 0 Å². The van der Waals surface area contributed by atoms with Gasteiger partial charge in [-0.25, -0.2) is 4.98 Å². The lowest BCUT2D eigenvalue weighted by Crippen LogP contribution is -2.49. The SMILES string of the molecule is COc1ccc(C(=O)N2CCNCC2c2nccn2C)cc1OC. The Balaban J connectivity index is 1.91. The highest BCUT2D eigenvalue weighted by atomic mass is 16.5. The fourth-order valence-corrected chi connectivity index (χ4v) is 3.01. The number of amides is 1. The molecule has 1 amide bonds. The number of piperazine rings is 1. The minimum absolute atomic E-state index is 0.0366. The summed E-state index contributed by atoms with van der Waals surface area (Å²) in [6.07, 6.45) is 3.64. The van der Waals surface area contributed by atoms with E-state index in [1.165, 1.54) is 0 Å². The zero-order valence-electron chi connectivity index (χ0n) is 14.2. The van der Waals surface area contributed by atoms with Crippen LogP contribution in [0.1, 0.15) is 22.2 Å². The van der Waals surface area contributed by atoms with Gasteiger partial charge in [0.1, 0.15) is 11.9 Å². The molecule has 128 valence electrons. The zero-order chi connectivity index (χ0) is 17.1. The molecule has 1 aliphatic heterocycles. The Bertz CT molecular complexity index is 728. The Morgan fingerprint density at radius 3 is 2.75 bits per heavy atom. The summed E-state index contributed by atoms with van der Waals surface area (Å²) >= 11 is 0. The maximum absolute atomic E-state index is 13.0. The Morgan fingerprint density at radius 2 is 2.08 bits per heavy atom. The average molecular weight is 330 g/mol. The molecule has 1 aliphatic rings. The maximum atomic E-state index is 13.0. The average Bonchev–Trinajstić information content (AvgIpc) is 3.06. The molecule has 0 spiro atoms. The summed E-state index contributed by atoms with van der Waals surface area (Å²) in [5.74, 6) is 1.99. The molecule has 0 aliphatic carbocycles. The second kappa shape index (κ2) is 6.92. The lowest BCUT2D eigenvalue weighted by Gasteiger charge is -2.35. The van der Waals surface area contributed by atoms with Crippen molar-refractivity contribution in [3.8, 4) is 11.5 Å². The number of hydrogen-bond acceptors (Lipinski definition) is 5. The van der Waals surface area contributed by atoms with Crippen LogP contribution in [0.3, 0.4) is 0 Å². The fourth-order valence-electron chi connectivity index (χ4n) is 3.01. The molecule has 1 unspecified atom stereocenters. The van der Waals surface area contributed by atoms with Crippen molar-refractivity contribution in [1.82, 2.24) is 19.8 Å². The molecule has 1 saturated heterocycles. The molecule has 1 aromatic carbocycles. The first-order chi connectivity index (χ1) is 11.7. The third kappa shape index (κ3) is 2.94. The van der Waals surface area contributed by atoms with Crippen molar-refractivity contribution in [3.05, 3.63) is 42.0 Å². The van der Waals surface area contributed by atoms with Crippen LogP contribution in [0, 0.1) is 0 Å². The number of nitrogens with zero attached hydrogens (tertiary/aromatic N) is 3. The third-order valence-electron chi connectivity index (χ3n) is 4.29. The van der Waals surface area contributed by atoms with Crippen LogP contribution in [-0.4, -0.2) is 54.2 Å². The van der Waals surface area contributed by atoms with Crippen LogP contribution in [0.2, 0.25) is 0 Å². The molecule has 0 saturated carbocycles. The molecule has 2 aromatic rings. The van der Waals surface area contributed by atoms with E-state index in [1.807, 2.05) is 22.7 Å². The molecule has 1 fully saturated rings. The standard InChI is InChI=1S/C17H22N4O3/c1-20-8-7-19-16(20)13-11-18-6-9-21(13)17(22)12-4-5-14(23-2)15(10-12)24-3/h4-5,7-8,10,13,18H,6,9,11H2,1-3H3. The molecule has 7 nitrogen and oxygen atoms in total. The van der Waals surface area contributed by atoms with Crippen molar-refractivity contribution < 1.29 is 14.3 Å². The van der Waals surface area contributed by atoms with Crippen LogP contribution in [0.4, 0.5) is 0 Å². The molecular weight excluding hydrogens is 308 g/mol. The van der Waals surface area contributed by atoms with Crippen molar-refractivity contribution in [2.24, 2.45) is 7.05 Å². The quantitative estimate of drug-likeness (QED) is 0.913. The number of methoxy groups -OCH3 is 2. The van der Waals surface area contributed by atoms with Crippen LogP contribution in [-0.2, 0) is 7.05 Å². The summed E-state index contributed by atoms with van der Waals surface area (Å²) in [7, 11) is 5.08. The number of carbonyl (C=O) groups excluding carboxylic acids is 1. The molecule has 0 bridgehead atoms. The first-order valence-corrected chi connectivity index (χ1v) is 7.86. The van der Waals surface area contributed by atoms with Gasteiger partial charge >= 0.3 is 0 Å². The van der Waals surface area contributed by atoms with Gasteiger partial charge in [0, 0.05) is 44.6 Å². The van der Waals surface area contributed by atoms with Gasteiger partial charge < -0.3 is 24.3 Å². The highest BCUT2D eigenvalue weighted by molar-refractivity contribution is 5.95. The smallest absolute Gasteiger partial charge is 0.254 e. The summed E-state index contributed by atoms with van der Waals surface area (Å²) in [5, 5.41) is 3.34. The Labute approximate surface area is 141 Å². The van der Waals surface area contributed by atoms with Crippen LogP contribution >= 0.6 is 0 Å². The molecule has 24 heavy (non-hydrogen) atoms. The molecule has 1 N–H and O–H groups in total. The van der Waals surface area contributed by atoms with Crippen molar-refractivity contribution >= 4 is 5.91 Å². The van der Waals surface area contributed by atoms with E-state index in [4.69, 9.17) is 9.47 Å². The maximum Gasteiger partial charge on any atom is 0.254 e. The number of rotatable bonds is 4. The van der Waals surface area contributed by atoms with Gasteiger partial charge in [0.25, 0.3) is 5.91 Å². The Morgan fingerprint density at radius 1 is 1.29 bits per heavy atom. The topological polar surface area (TPSA) is 68.6 Å². The van der Waals surface area contributed by atoms with Gasteiger partial charge in [0.15, 0.2) is 11.5 Å². The lowest BCUT2D eigenvalue weighted by atomic mass is 10.1. The molecule has 7 heteroatoms. The Hall–Kier alpha value is -2.54. The van der Waals surface area contributed by atoms with Crippen molar-refractivity contribution in [2.45, 2.75) is 6.04 Å². The van der Waals surface area contributed by atoms with E-state index in [0.717, 1.165) is 12.4 Å². The van der Waals surface area contributed by atoms with Gasteiger partial charge in [-0.3, -0.25) is 4.79 Å². The normalized spacial score (nSPS) is 17.6. The highest BCUT2D eigenvalue weighted by Gasteiger charge is 2.31. The number of ether oxygens (including phenoxy) is 2. The molecule has 2 heterocycles. The van der Waals surface area contributed by atoms with E-state index in [2.05, 4.69) is 10.3 Å². The highest BCUT2D eigenvalue weighted by Crippen LogP contribution is 2.29. The van der Waals surface area contributed by atoms with E-state index in [9.17, 15) is 4.79 Å². The van der Waals surface area contributed by atoms with Crippen molar-refractivity contribution in [2.75, 3.05) is 33.9 Å². The van der Waals surface area contributed by atoms with Crippen LogP contribution in [0.15, 0.2) is 30.6 Å². The van der Waals surface area contributed by atoms with Gasteiger partial charge in [0.05, 0.1) is 14.2 Å². The summed E-state index contributed by atoms with van der Waals surface area (Å²) in [4.78, 5) is 19.3. The van der Waals surface area contributed by atoms with E-state index in [0.29, 0.717) is 30.2 Å². The van der Waals surface area contributed by atoms with Gasteiger partial charge in [0.2, 0.25) is 0 Å². The van der Waals surface area contributed by atoms with Gasteiger partial charge in [-0.2, -0.15) is 0 Å². The zero-order valence-corrected chi connectivity index (χ0v) is 14.2. The van der Waals surface area contributed by atoms with Crippen molar-refractivity contribution in [1.29, 1.82) is 0 Å². The van der Waals surface area contributed by atoms with Crippen LogP contribution < -0.4 is 14.8 Å². The van der Waals surface area contributed by atoms with Crippen molar-refractivity contribution in [3.63, 3.8) is 0 Å². The van der Waals surface area contributed by atoms with Gasteiger partial charge in [-0.05, 0) is 18.2 Å². The number of benzene rings is 1. The number of aromatic nitrogens is 2. The largest absolute Gasteiger partial charge is 0.493 e. The summed E-state index contributed by atoms with van der Waals surface area (Å²) in [6.45, 7) is 2.08. The molecule has 1 atom stereocenters. The predicted octanol–water partition coefficient (Wildman–Crippen LogP) is 1.22. The van der Waals surface area contributed by atoms with E-state index in [1.54, 1.807) is 38.6 Å². The first kappa shape index (κ1) is 16.3. The predicted molar refractivity (Wildman–Crippen MR) is 89.4 cm³/mol. The van der Waals surface area contributed by atoms with Gasteiger partial charge in [-0.1, -0.05) is 0 Å². The fraction of sp³-hybridized carbons (Fsp3) is 0.412. The third-order valence-corrected chi connectivity index (χ3v) is 4.29. The van der Waals surface area contributed by atoms with Crippen LogP contribution in [0.5, 0.6) is 11.5 Å². The number of imidazole rings is 1.